The molecule has 0 aliphatic carbocycles. The van der Waals surface area contributed by atoms with Gasteiger partial charge in [-0.15, -0.1) is 0 Å². The summed E-state index contributed by atoms with van der Waals surface area (Å²) in [6.07, 6.45) is -2.74. The van der Waals surface area contributed by atoms with E-state index >= 15 is 0 Å². The maximum absolute atomic E-state index is 14.0. The number of aromatic nitrogens is 2. The van der Waals surface area contributed by atoms with Crippen LogP contribution in [0.2, 0.25) is 0 Å². The molecule has 2 heterocycles. The van der Waals surface area contributed by atoms with Gasteiger partial charge in [-0.1, -0.05) is 42.1 Å². The van der Waals surface area contributed by atoms with Gasteiger partial charge in [0.25, 0.3) is 0 Å². The Balaban J connectivity index is 1.73. The van der Waals surface area contributed by atoms with Gasteiger partial charge >= 0.3 is 13.4 Å². The number of nitrogens with zero attached hydrogens (tertiary/aromatic N) is 3. The number of aliphatic hydroxyl groups excluding tert-OH is 2. The first kappa shape index (κ1) is 32.4. The smallest absolute Gasteiger partial charge is 0.395 e. The lowest BCUT2D eigenvalue weighted by molar-refractivity contribution is -0.119. The summed E-state index contributed by atoms with van der Waals surface area (Å²) >= 11 is 0.944. The van der Waals surface area contributed by atoms with Crippen molar-refractivity contribution in [3.63, 3.8) is 0 Å². The predicted octanol–water partition coefficient (Wildman–Crippen LogP) is 1.39. The molecule has 15 heteroatoms. The average molecular weight is 601 g/mol. The van der Waals surface area contributed by atoms with E-state index in [4.69, 9.17) is 19.5 Å². The molecule has 0 spiro atoms. The number of ether oxygens (including phenoxy) is 1. The highest BCUT2D eigenvalue weighted by Gasteiger charge is 2.54. The Morgan fingerprint density at radius 1 is 1.30 bits per heavy atom. The lowest BCUT2D eigenvalue weighted by Gasteiger charge is -2.29. The second-order valence-corrected chi connectivity index (χ2v) is 13.5. The van der Waals surface area contributed by atoms with Crippen LogP contribution >= 0.6 is 19.5 Å². The summed E-state index contributed by atoms with van der Waals surface area (Å²) in [5, 5.41) is 30.9. The second kappa shape index (κ2) is 13.2. The minimum atomic E-state index is -4.02. The Labute approximate surface area is 236 Å². The van der Waals surface area contributed by atoms with Crippen LogP contribution in [0.1, 0.15) is 32.6 Å². The molecular weight excluding hydrogens is 563 g/mol. The number of rotatable bonds is 13. The fourth-order valence-electron chi connectivity index (χ4n) is 3.87. The van der Waals surface area contributed by atoms with E-state index < -0.39 is 49.5 Å². The van der Waals surface area contributed by atoms with Crippen molar-refractivity contribution in [1.29, 1.82) is 0 Å². The molecule has 1 aromatic carbocycles. The van der Waals surface area contributed by atoms with Gasteiger partial charge in [0.2, 0.25) is 0 Å². The maximum Gasteiger partial charge on any atom is 0.408 e. The van der Waals surface area contributed by atoms with Crippen LogP contribution in [0.15, 0.2) is 47.4 Å². The van der Waals surface area contributed by atoms with E-state index in [0.29, 0.717) is 0 Å². The van der Waals surface area contributed by atoms with E-state index in [2.05, 4.69) is 4.98 Å². The topological polar surface area (TPSA) is 187 Å². The number of carbonyl (C=O) groups excluding carboxylic acids is 1. The standard InChI is InChI=1S/C25H37N4O9PS/c1-24(2,16-30)22(32)40-13-12-36-39(35,28(4)14-17-8-6-5-7-9-17)37-15-18-20(31)25(3,34)21(38-18)29-11-10-19(26)27-23(29)33/h5-11,18,20-21,30-31,34H,12-16H2,1-4H3,(H2,26,27,33)/t18-,20-,21-,25-,39?/m1/s1. The van der Waals surface area contributed by atoms with E-state index in [1.165, 1.54) is 23.9 Å². The highest BCUT2D eigenvalue weighted by Crippen LogP contribution is 2.53. The van der Waals surface area contributed by atoms with Crippen LogP contribution in [0.25, 0.3) is 0 Å². The third-order valence-electron chi connectivity index (χ3n) is 6.45. The minimum Gasteiger partial charge on any atom is -0.395 e. The highest BCUT2D eigenvalue weighted by molar-refractivity contribution is 8.13. The number of carbonyl (C=O) groups is 1. The van der Waals surface area contributed by atoms with Gasteiger partial charge in [0.05, 0.1) is 25.2 Å². The van der Waals surface area contributed by atoms with Crippen LogP contribution in [0.4, 0.5) is 5.82 Å². The van der Waals surface area contributed by atoms with Crippen molar-refractivity contribution in [2.24, 2.45) is 5.41 Å². The van der Waals surface area contributed by atoms with Crippen LogP contribution in [0.3, 0.4) is 0 Å². The molecule has 0 radical (unpaired) electrons. The van der Waals surface area contributed by atoms with Gasteiger partial charge in [0.15, 0.2) is 11.3 Å². The fraction of sp³-hybridized carbons (Fsp3) is 0.560. The highest BCUT2D eigenvalue weighted by atomic mass is 32.2. The molecule has 2 aromatic rings. The quantitative estimate of drug-likeness (QED) is 0.191. The monoisotopic (exact) mass is 600 g/mol. The molecule has 3 rings (SSSR count). The first-order chi connectivity index (χ1) is 18.7. The molecule has 5 atom stereocenters. The summed E-state index contributed by atoms with van der Waals surface area (Å²) in [5.74, 6) is 0.139. The van der Waals surface area contributed by atoms with Crippen molar-refractivity contribution in [3.05, 3.63) is 58.6 Å². The fourth-order valence-corrected chi connectivity index (χ4v) is 6.26. The Bertz CT molecular complexity index is 1260. The van der Waals surface area contributed by atoms with Gasteiger partial charge in [-0.05, 0) is 39.4 Å². The first-order valence-electron chi connectivity index (χ1n) is 12.5. The van der Waals surface area contributed by atoms with Gasteiger partial charge in [-0.2, -0.15) is 4.98 Å². The zero-order chi connectivity index (χ0) is 29.7. The zero-order valence-electron chi connectivity index (χ0n) is 22.9. The molecule has 5 N–H and O–H groups in total. The van der Waals surface area contributed by atoms with Crippen LogP contribution < -0.4 is 11.4 Å². The van der Waals surface area contributed by atoms with E-state index in [-0.39, 0.29) is 36.4 Å². The first-order valence-corrected chi connectivity index (χ1v) is 15.0. The molecular formula is C25H37N4O9PS. The molecule has 0 saturated carbocycles. The summed E-state index contributed by atoms with van der Waals surface area (Å²) in [6.45, 7) is 3.85. The molecule has 222 valence electrons. The summed E-state index contributed by atoms with van der Waals surface area (Å²) in [5.41, 5.74) is 2.74. The van der Waals surface area contributed by atoms with Gasteiger partial charge in [-0.3, -0.25) is 18.4 Å². The number of hydrogen-bond acceptors (Lipinski definition) is 12. The number of anilines is 1. The molecule has 1 aliphatic rings. The third kappa shape index (κ3) is 7.58. The number of aliphatic hydroxyl groups is 3. The summed E-state index contributed by atoms with van der Waals surface area (Å²) < 4.78 is 33.6. The van der Waals surface area contributed by atoms with E-state index in [1.54, 1.807) is 20.9 Å². The Morgan fingerprint density at radius 2 is 1.98 bits per heavy atom. The van der Waals surface area contributed by atoms with E-state index in [1.807, 2.05) is 30.3 Å². The van der Waals surface area contributed by atoms with Crippen molar-refractivity contribution < 1.29 is 38.5 Å². The van der Waals surface area contributed by atoms with Crippen LogP contribution in [0, 0.1) is 5.41 Å². The molecule has 1 aliphatic heterocycles. The summed E-state index contributed by atoms with van der Waals surface area (Å²) in [6, 6.07) is 10.6. The molecule has 0 bridgehead atoms. The van der Waals surface area contributed by atoms with Gasteiger partial charge in [0.1, 0.15) is 23.6 Å². The van der Waals surface area contributed by atoms with Crippen molar-refractivity contribution in [2.45, 2.75) is 51.4 Å². The van der Waals surface area contributed by atoms with E-state index in [0.717, 1.165) is 21.9 Å². The molecule has 1 saturated heterocycles. The summed E-state index contributed by atoms with van der Waals surface area (Å²) in [7, 11) is -2.48. The number of thioether (sulfide) groups is 1. The third-order valence-corrected chi connectivity index (χ3v) is 9.60. The maximum atomic E-state index is 14.0. The Kier molecular flexibility index (Phi) is 10.7. The molecule has 40 heavy (non-hydrogen) atoms. The number of benzene rings is 1. The van der Waals surface area contributed by atoms with Gasteiger partial charge in [0, 0.05) is 18.5 Å². The van der Waals surface area contributed by atoms with Crippen molar-refractivity contribution in [3.8, 4) is 0 Å². The lowest BCUT2D eigenvalue weighted by Crippen LogP contribution is -2.46. The SMILES string of the molecule is CN(Cc1ccccc1)P(=O)(OCCSC(=O)C(C)(C)CO)OC[C@H]1O[C@@H](n2ccc(N)nc2=O)[C@](C)(O)[C@@H]1O. The molecule has 0 amide bonds. The van der Waals surface area contributed by atoms with Gasteiger partial charge in [-0.25, -0.2) is 14.0 Å². The number of nitrogens with two attached hydrogens (primary N) is 1. The molecule has 1 unspecified atom stereocenters. The zero-order valence-corrected chi connectivity index (χ0v) is 24.6. The molecule has 1 aromatic heterocycles. The predicted molar refractivity (Wildman–Crippen MR) is 149 cm³/mol. The minimum absolute atomic E-state index is 0.0151. The van der Waals surface area contributed by atoms with Crippen LogP contribution in [-0.4, -0.2) is 85.1 Å². The van der Waals surface area contributed by atoms with Crippen molar-refractivity contribution in [1.82, 2.24) is 14.2 Å². The van der Waals surface area contributed by atoms with Crippen molar-refractivity contribution in [2.75, 3.05) is 38.4 Å². The second-order valence-electron chi connectivity index (χ2n) is 10.3. The average Bonchev–Trinajstić information content (AvgIpc) is 3.13. The number of nitrogen functional groups attached to an aromatic ring is 1. The van der Waals surface area contributed by atoms with E-state index in [9.17, 15) is 29.5 Å². The summed E-state index contributed by atoms with van der Waals surface area (Å²) in [4.78, 5) is 28.3. The molecule has 1 fully saturated rings. The lowest BCUT2D eigenvalue weighted by atomic mass is 9.96. The molecule has 13 nitrogen and oxygen atoms in total. The Morgan fingerprint density at radius 3 is 2.60 bits per heavy atom. The Hall–Kier alpha value is -2.13. The van der Waals surface area contributed by atoms with Crippen LogP contribution in [0.5, 0.6) is 0 Å². The normalized spacial score (nSPS) is 24.8. The van der Waals surface area contributed by atoms with Crippen LogP contribution in [-0.2, 0) is 29.7 Å². The van der Waals surface area contributed by atoms with Crippen molar-refractivity contribution >= 4 is 30.4 Å². The number of hydrogen-bond donors (Lipinski definition) is 4. The van der Waals surface area contributed by atoms with Gasteiger partial charge < -0.3 is 25.8 Å². The largest absolute Gasteiger partial charge is 0.408 e.